The zero-order valence-corrected chi connectivity index (χ0v) is 4.89. The first-order valence-corrected chi connectivity index (χ1v) is 2.37. The van der Waals surface area contributed by atoms with E-state index in [1.807, 2.05) is 6.92 Å². The topological polar surface area (TPSA) is 26.3 Å². The number of ether oxygens (including phenoxy) is 1. The molecule has 45 valence electrons. The molecule has 0 aliphatic rings. The minimum absolute atomic E-state index is 0.303. The molecular formula is C6H9O2. The largest absolute Gasteiger partial charge is 0.462 e. The van der Waals surface area contributed by atoms with Gasteiger partial charge < -0.3 is 4.74 Å². The van der Waals surface area contributed by atoms with Gasteiger partial charge in [0.25, 0.3) is 0 Å². The maximum atomic E-state index is 10.2. The lowest BCUT2D eigenvalue weighted by Crippen LogP contribution is -1.94. The Morgan fingerprint density at radius 2 is 2.50 bits per heavy atom. The van der Waals surface area contributed by atoms with Crippen LogP contribution in [-0.2, 0) is 9.53 Å². The molecule has 2 heteroatoms. The predicted octanol–water partition coefficient (Wildman–Crippen LogP) is 1.29. The Bertz CT molecular complexity index is 94.7. The van der Waals surface area contributed by atoms with Crippen LogP contribution in [0.2, 0.25) is 0 Å². The van der Waals surface area contributed by atoms with Crippen molar-refractivity contribution in [2.24, 2.45) is 0 Å². The smallest absolute Gasteiger partial charge is 0.309 e. The maximum absolute atomic E-state index is 10.2. The Labute approximate surface area is 49.1 Å². The summed E-state index contributed by atoms with van der Waals surface area (Å²) in [5, 5.41) is 0. The van der Waals surface area contributed by atoms with E-state index in [0.29, 0.717) is 6.42 Å². The van der Waals surface area contributed by atoms with Crippen molar-refractivity contribution in [1.29, 1.82) is 0 Å². The molecule has 0 aliphatic carbocycles. The van der Waals surface area contributed by atoms with E-state index >= 15 is 0 Å². The first kappa shape index (κ1) is 7.21. The van der Waals surface area contributed by atoms with Crippen molar-refractivity contribution in [2.75, 3.05) is 0 Å². The summed E-state index contributed by atoms with van der Waals surface area (Å²) in [5.74, 6) is -0.303. The maximum Gasteiger partial charge on any atom is 0.309 e. The Morgan fingerprint density at radius 1 is 1.88 bits per heavy atom. The fraction of sp³-hybridized carbons (Fsp3) is 0.333. The van der Waals surface area contributed by atoms with Crippen molar-refractivity contribution in [3.8, 4) is 0 Å². The van der Waals surface area contributed by atoms with Gasteiger partial charge in [0.05, 0.1) is 6.42 Å². The number of hydrogen-bond donors (Lipinski definition) is 0. The molecule has 0 saturated heterocycles. The lowest BCUT2D eigenvalue weighted by Gasteiger charge is -1.88. The first-order valence-electron chi connectivity index (χ1n) is 2.37. The number of rotatable bonds is 2. The molecule has 0 heterocycles. The molecule has 0 spiro atoms. The minimum Gasteiger partial charge on any atom is -0.462 e. The molecule has 0 bridgehead atoms. The molecule has 0 aromatic carbocycles. The summed E-state index contributed by atoms with van der Waals surface area (Å²) < 4.78 is 4.11. The van der Waals surface area contributed by atoms with Crippen LogP contribution in [0.15, 0.2) is 12.2 Å². The van der Waals surface area contributed by atoms with E-state index in [1.165, 1.54) is 0 Å². The highest BCUT2D eigenvalue weighted by Gasteiger charge is 1.91. The van der Waals surface area contributed by atoms with E-state index in [0.717, 1.165) is 0 Å². The van der Waals surface area contributed by atoms with Gasteiger partial charge in [0.2, 0.25) is 0 Å². The summed E-state index contributed by atoms with van der Waals surface area (Å²) in [6.07, 6.45) is 3.82. The second-order valence-electron chi connectivity index (χ2n) is 1.29. The SMILES string of the molecule is [CH2]OC(=O)CC=CC. The van der Waals surface area contributed by atoms with E-state index in [1.54, 1.807) is 12.2 Å². The Kier molecular flexibility index (Phi) is 3.94. The summed E-state index contributed by atoms with van der Waals surface area (Å²) in [6.45, 7) is 1.84. The average molecular weight is 113 g/mol. The van der Waals surface area contributed by atoms with Gasteiger partial charge in [0, 0.05) is 0 Å². The lowest BCUT2D eigenvalue weighted by atomic mass is 10.4. The van der Waals surface area contributed by atoms with Crippen molar-refractivity contribution < 1.29 is 9.53 Å². The highest BCUT2D eigenvalue weighted by Crippen LogP contribution is 1.85. The molecule has 8 heavy (non-hydrogen) atoms. The summed E-state index contributed by atoms with van der Waals surface area (Å²) >= 11 is 0. The van der Waals surface area contributed by atoms with Crippen LogP contribution in [0, 0.1) is 7.11 Å². The molecule has 0 aliphatic heterocycles. The third-order valence-electron chi connectivity index (χ3n) is 0.681. The third kappa shape index (κ3) is 3.40. The molecule has 0 saturated carbocycles. The lowest BCUT2D eigenvalue weighted by molar-refractivity contribution is -0.137. The predicted molar refractivity (Wildman–Crippen MR) is 30.9 cm³/mol. The molecule has 1 radical (unpaired) electrons. The van der Waals surface area contributed by atoms with Gasteiger partial charge in [-0.05, 0) is 6.92 Å². The second-order valence-corrected chi connectivity index (χ2v) is 1.29. The van der Waals surface area contributed by atoms with Crippen molar-refractivity contribution in [3.05, 3.63) is 19.3 Å². The zero-order valence-electron chi connectivity index (χ0n) is 4.89. The van der Waals surface area contributed by atoms with E-state index in [4.69, 9.17) is 0 Å². The van der Waals surface area contributed by atoms with Crippen LogP contribution >= 0.6 is 0 Å². The van der Waals surface area contributed by atoms with E-state index in [9.17, 15) is 4.79 Å². The van der Waals surface area contributed by atoms with Crippen LogP contribution in [0.5, 0.6) is 0 Å². The number of hydrogen-bond acceptors (Lipinski definition) is 2. The number of allylic oxidation sites excluding steroid dienone is 1. The van der Waals surface area contributed by atoms with Crippen LogP contribution in [-0.4, -0.2) is 5.97 Å². The molecule has 0 aromatic rings. The second kappa shape index (κ2) is 4.37. The number of carbonyl (C=O) groups is 1. The monoisotopic (exact) mass is 113 g/mol. The molecule has 0 unspecified atom stereocenters. The summed E-state index contributed by atoms with van der Waals surface area (Å²) in [6, 6.07) is 0. The van der Waals surface area contributed by atoms with Crippen LogP contribution in [0.3, 0.4) is 0 Å². The fourth-order valence-electron chi connectivity index (χ4n) is 0.273. The number of carbonyl (C=O) groups excluding carboxylic acids is 1. The number of esters is 1. The van der Waals surface area contributed by atoms with Crippen molar-refractivity contribution in [3.63, 3.8) is 0 Å². The van der Waals surface area contributed by atoms with Gasteiger partial charge in [-0.3, -0.25) is 4.79 Å². The summed E-state index contributed by atoms with van der Waals surface area (Å²) in [4.78, 5) is 10.2. The highest BCUT2D eigenvalue weighted by molar-refractivity contribution is 5.71. The minimum atomic E-state index is -0.303. The molecule has 0 amide bonds. The molecular weight excluding hydrogens is 104 g/mol. The average Bonchev–Trinajstić information content (AvgIpc) is 1.83. The van der Waals surface area contributed by atoms with Gasteiger partial charge >= 0.3 is 5.97 Å². The molecule has 0 N–H and O–H groups in total. The van der Waals surface area contributed by atoms with Crippen molar-refractivity contribution >= 4 is 5.97 Å². The molecule has 0 atom stereocenters. The third-order valence-corrected chi connectivity index (χ3v) is 0.681. The van der Waals surface area contributed by atoms with Crippen molar-refractivity contribution in [1.82, 2.24) is 0 Å². The zero-order chi connectivity index (χ0) is 6.41. The van der Waals surface area contributed by atoms with E-state index in [2.05, 4.69) is 11.8 Å². The Balaban J connectivity index is 3.25. The Hall–Kier alpha value is -0.790. The molecule has 2 nitrogen and oxygen atoms in total. The standard InChI is InChI=1S/C6H9O2/c1-3-4-5-6(7)8-2/h3-4H,2,5H2,1H3. The Morgan fingerprint density at radius 3 is 2.88 bits per heavy atom. The van der Waals surface area contributed by atoms with Crippen LogP contribution in [0.4, 0.5) is 0 Å². The van der Waals surface area contributed by atoms with Gasteiger partial charge in [0.15, 0.2) is 0 Å². The van der Waals surface area contributed by atoms with E-state index in [-0.39, 0.29) is 5.97 Å². The van der Waals surface area contributed by atoms with Gasteiger partial charge in [-0.15, -0.1) is 0 Å². The summed E-state index contributed by atoms with van der Waals surface area (Å²) in [7, 11) is 2.96. The van der Waals surface area contributed by atoms with Crippen molar-refractivity contribution in [2.45, 2.75) is 13.3 Å². The quantitative estimate of drug-likeness (QED) is 0.398. The van der Waals surface area contributed by atoms with Gasteiger partial charge in [-0.2, -0.15) is 0 Å². The van der Waals surface area contributed by atoms with Crippen LogP contribution < -0.4 is 0 Å². The molecule has 0 fully saturated rings. The van der Waals surface area contributed by atoms with Gasteiger partial charge in [-0.1, -0.05) is 12.2 Å². The molecule has 0 rings (SSSR count). The van der Waals surface area contributed by atoms with Gasteiger partial charge in [-0.25, -0.2) is 0 Å². The highest BCUT2D eigenvalue weighted by atomic mass is 16.5. The normalized spacial score (nSPS) is 9.75. The van der Waals surface area contributed by atoms with Crippen LogP contribution in [0.25, 0.3) is 0 Å². The van der Waals surface area contributed by atoms with E-state index < -0.39 is 0 Å². The summed E-state index contributed by atoms with van der Waals surface area (Å²) in [5.41, 5.74) is 0. The first-order chi connectivity index (χ1) is 3.81. The van der Waals surface area contributed by atoms with Gasteiger partial charge in [0.1, 0.15) is 7.11 Å². The molecule has 0 aromatic heterocycles. The fourth-order valence-corrected chi connectivity index (χ4v) is 0.273. The van der Waals surface area contributed by atoms with Crippen LogP contribution in [0.1, 0.15) is 13.3 Å².